The summed E-state index contributed by atoms with van der Waals surface area (Å²) in [6.45, 7) is 1.51. The summed E-state index contributed by atoms with van der Waals surface area (Å²) in [6, 6.07) is 3.93. The smallest absolute Gasteiger partial charge is 0.335 e. The largest absolute Gasteiger partial charge is 0.478 e. The highest BCUT2D eigenvalue weighted by Gasteiger charge is 2.17. The SMILES string of the molecule is CCS(=O)(=O)c1cc(C(=O)O)ccc1Br. The summed E-state index contributed by atoms with van der Waals surface area (Å²) in [5.41, 5.74) is -0.0368. The van der Waals surface area contributed by atoms with E-state index >= 15 is 0 Å². The van der Waals surface area contributed by atoms with Gasteiger partial charge in [-0.25, -0.2) is 13.2 Å². The third-order valence-electron chi connectivity index (χ3n) is 1.89. The van der Waals surface area contributed by atoms with Crippen LogP contribution in [0.15, 0.2) is 27.6 Å². The second-order valence-electron chi connectivity index (χ2n) is 2.85. The molecule has 0 aliphatic heterocycles. The van der Waals surface area contributed by atoms with E-state index < -0.39 is 15.8 Å². The number of hydrogen-bond donors (Lipinski definition) is 1. The Balaban J connectivity index is 3.42. The number of halogens is 1. The van der Waals surface area contributed by atoms with Gasteiger partial charge in [-0.3, -0.25) is 0 Å². The van der Waals surface area contributed by atoms with Crippen LogP contribution in [0.25, 0.3) is 0 Å². The molecule has 0 unspecified atom stereocenters. The first-order valence-electron chi connectivity index (χ1n) is 4.14. The predicted molar refractivity (Wildman–Crippen MR) is 58.8 cm³/mol. The van der Waals surface area contributed by atoms with E-state index in [1.54, 1.807) is 0 Å². The van der Waals surface area contributed by atoms with Gasteiger partial charge in [0.2, 0.25) is 0 Å². The molecule has 0 saturated heterocycles. The molecule has 82 valence electrons. The normalized spacial score (nSPS) is 11.3. The van der Waals surface area contributed by atoms with E-state index in [0.717, 1.165) is 6.07 Å². The molecule has 0 fully saturated rings. The van der Waals surface area contributed by atoms with E-state index in [-0.39, 0.29) is 16.2 Å². The van der Waals surface area contributed by atoms with Crippen molar-refractivity contribution in [2.24, 2.45) is 0 Å². The Labute approximate surface area is 96.0 Å². The van der Waals surface area contributed by atoms with E-state index in [1.165, 1.54) is 19.1 Å². The maximum absolute atomic E-state index is 11.6. The molecule has 1 rings (SSSR count). The molecule has 0 bridgehead atoms. The van der Waals surface area contributed by atoms with Crippen molar-refractivity contribution in [3.63, 3.8) is 0 Å². The summed E-state index contributed by atoms with van der Waals surface area (Å²) in [5, 5.41) is 8.73. The van der Waals surface area contributed by atoms with E-state index in [1.807, 2.05) is 0 Å². The number of carboxylic acid groups (broad SMARTS) is 1. The first kappa shape index (κ1) is 12.2. The molecule has 0 aliphatic rings. The molecule has 0 saturated carbocycles. The molecule has 0 spiro atoms. The Morgan fingerprint density at radius 2 is 2.07 bits per heavy atom. The van der Waals surface area contributed by atoms with Crippen LogP contribution in [0.1, 0.15) is 17.3 Å². The summed E-state index contributed by atoms with van der Waals surface area (Å²) in [7, 11) is -3.40. The average Bonchev–Trinajstić information content (AvgIpc) is 2.17. The molecule has 6 heteroatoms. The minimum Gasteiger partial charge on any atom is -0.478 e. The summed E-state index contributed by atoms with van der Waals surface area (Å²) in [4.78, 5) is 10.7. The molecule has 0 heterocycles. The summed E-state index contributed by atoms with van der Waals surface area (Å²) >= 11 is 3.08. The van der Waals surface area contributed by atoms with Crippen molar-refractivity contribution >= 4 is 31.7 Å². The van der Waals surface area contributed by atoms with E-state index in [4.69, 9.17) is 5.11 Å². The standard InChI is InChI=1S/C9H9BrO4S/c1-2-15(13,14)8-5-6(9(11)12)3-4-7(8)10/h3-5H,2H2,1H3,(H,11,12). The topological polar surface area (TPSA) is 71.4 Å². The van der Waals surface area contributed by atoms with Gasteiger partial charge >= 0.3 is 5.97 Å². The highest BCUT2D eigenvalue weighted by molar-refractivity contribution is 9.10. The van der Waals surface area contributed by atoms with Crippen molar-refractivity contribution < 1.29 is 18.3 Å². The molecule has 0 radical (unpaired) electrons. The van der Waals surface area contributed by atoms with Crippen LogP contribution in [0.2, 0.25) is 0 Å². The number of carboxylic acids is 1. The van der Waals surface area contributed by atoms with Crippen LogP contribution < -0.4 is 0 Å². The fourth-order valence-electron chi connectivity index (χ4n) is 1.03. The Hall–Kier alpha value is -0.880. The quantitative estimate of drug-likeness (QED) is 0.924. The van der Waals surface area contributed by atoms with Gasteiger partial charge in [-0.1, -0.05) is 6.92 Å². The van der Waals surface area contributed by atoms with Gasteiger partial charge in [-0.05, 0) is 34.1 Å². The Morgan fingerprint density at radius 1 is 1.47 bits per heavy atom. The number of carbonyl (C=O) groups is 1. The van der Waals surface area contributed by atoms with Crippen LogP contribution in [0.5, 0.6) is 0 Å². The molecule has 0 aliphatic carbocycles. The molecule has 1 aromatic carbocycles. The number of benzene rings is 1. The maximum Gasteiger partial charge on any atom is 0.335 e. The highest BCUT2D eigenvalue weighted by atomic mass is 79.9. The van der Waals surface area contributed by atoms with Crippen LogP contribution in [0.4, 0.5) is 0 Å². The van der Waals surface area contributed by atoms with Crippen LogP contribution in [0, 0.1) is 0 Å². The lowest BCUT2D eigenvalue weighted by molar-refractivity contribution is 0.0696. The van der Waals surface area contributed by atoms with Crippen molar-refractivity contribution in [3.8, 4) is 0 Å². The number of aromatic carboxylic acids is 1. The van der Waals surface area contributed by atoms with Crippen LogP contribution in [0.3, 0.4) is 0 Å². The van der Waals surface area contributed by atoms with Gasteiger partial charge in [0.15, 0.2) is 9.84 Å². The third-order valence-corrected chi connectivity index (χ3v) is 4.62. The molecule has 0 atom stereocenters. The second kappa shape index (κ2) is 4.32. The number of hydrogen-bond acceptors (Lipinski definition) is 3. The average molecular weight is 293 g/mol. The molecule has 0 aromatic heterocycles. The first-order chi connectivity index (χ1) is 6.88. The van der Waals surface area contributed by atoms with Gasteiger partial charge in [0.25, 0.3) is 0 Å². The van der Waals surface area contributed by atoms with Gasteiger partial charge in [0.05, 0.1) is 16.2 Å². The lowest BCUT2D eigenvalue weighted by atomic mass is 10.2. The minimum absolute atomic E-state index is 0.0184. The zero-order valence-electron chi connectivity index (χ0n) is 7.90. The van der Waals surface area contributed by atoms with Crippen LogP contribution in [-0.2, 0) is 9.84 Å². The minimum atomic E-state index is -3.40. The fourth-order valence-corrected chi connectivity index (χ4v) is 3.00. The molecular formula is C9H9BrO4S. The summed E-state index contributed by atoms with van der Waals surface area (Å²) in [5.74, 6) is -1.20. The number of rotatable bonds is 3. The van der Waals surface area contributed by atoms with Gasteiger partial charge in [-0.15, -0.1) is 0 Å². The second-order valence-corrected chi connectivity index (χ2v) is 5.95. The molecule has 15 heavy (non-hydrogen) atoms. The van der Waals surface area contributed by atoms with Crippen molar-refractivity contribution in [3.05, 3.63) is 28.2 Å². The molecule has 0 amide bonds. The predicted octanol–water partition coefficient (Wildman–Crippen LogP) is 1.94. The Bertz CT molecular complexity index is 493. The van der Waals surface area contributed by atoms with E-state index in [0.29, 0.717) is 4.47 Å². The highest BCUT2D eigenvalue weighted by Crippen LogP contribution is 2.24. The van der Waals surface area contributed by atoms with Crippen molar-refractivity contribution in [2.45, 2.75) is 11.8 Å². The van der Waals surface area contributed by atoms with Crippen molar-refractivity contribution in [2.75, 3.05) is 5.75 Å². The van der Waals surface area contributed by atoms with Gasteiger partial charge in [0, 0.05) is 4.47 Å². The van der Waals surface area contributed by atoms with Crippen LogP contribution >= 0.6 is 15.9 Å². The van der Waals surface area contributed by atoms with Gasteiger partial charge < -0.3 is 5.11 Å². The maximum atomic E-state index is 11.6. The van der Waals surface area contributed by atoms with Crippen LogP contribution in [-0.4, -0.2) is 25.2 Å². The lowest BCUT2D eigenvalue weighted by Gasteiger charge is -2.05. The fraction of sp³-hybridized carbons (Fsp3) is 0.222. The van der Waals surface area contributed by atoms with Crippen molar-refractivity contribution in [1.82, 2.24) is 0 Å². The van der Waals surface area contributed by atoms with E-state index in [2.05, 4.69) is 15.9 Å². The molecule has 1 N–H and O–H groups in total. The summed E-state index contributed by atoms with van der Waals surface area (Å²) in [6.07, 6.45) is 0. The number of sulfone groups is 1. The molecule has 1 aromatic rings. The first-order valence-corrected chi connectivity index (χ1v) is 6.58. The van der Waals surface area contributed by atoms with Crippen molar-refractivity contribution in [1.29, 1.82) is 0 Å². The lowest BCUT2D eigenvalue weighted by Crippen LogP contribution is -2.06. The third kappa shape index (κ3) is 2.57. The molecule has 4 nitrogen and oxygen atoms in total. The monoisotopic (exact) mass is 292 g/mol. The zero-order valence-corrected chi connectivity index (χ0v) is 10.3. The summed E-state index contributed by atoms with van der Waals surface area (Å²) < 4.78 is 23.5. The van der Waals surface area contributed by atoms with Gasteiger partial charge in [-0.2, -0.15) is 0 Å². The molecular weight excluding hydrogens is 284 g/mol. The Morgan fingerprint density at radius 3 is 2.53 bits per heavy atom. The van der Waals surface area contributed by atoms with E-state index in [9.17, 15) is 13.2 Å². The zero-order chi connectivity index (χ0) is 11.6. The van der Waals surface area contributed by atoms with Gasteiger partial charge in [0.1, 0.15) is 0 Å². The Kier molecular flexibility index (Phi) is 3.51.